The fourth-order valence-electron chi connectivity index (χ4n) is 4.26. The van der Waals surface area contributed by atoms with Gasteiger partial charge in [0.05, 0.1) is 18.2 Å². The van der Waals surface area contributed by atoms with Crippen LogP contribution in [0.3, 0.4) is 0 Å². The van der Waals surface area contributed by atoms with Crippen molar-refractivity contribution in [3.05, 3.63) is 84.0 Å². The summed E-state index contributed by atoms with van der Waals surface area (Å²) < 4.78 is 30.5. The second kappa shape index (κ2) is 8.26. The van der Waals surface area contributed by atoms with Crippen LogP contribution in [0.1, 0.15) is 36.8 Å². The molecule has 2 atom stereocenters. The topological polar surface area (TPSA) is 68.2 Å². The first-order valence-electron chi connectivity index (χ1n) is 10.3. The summed E-state index contributed by atoms with van der Waals surface area (Å²) in [7, 11) is 0. The summed E-state index contributed by atoms with van der Waals surface area (Å²) in [6.45, 7) is -0.321. The average molecular weight is 420 g/mol. The fourth-order valence-corrected chi connectivity index (χ4v) is 4.26. The first kappa shape index (κ1) is 19.4. The third-order valence-corrected chi connectivity index (χ3v) is 5.64. The molecule has 158 valence electrons. The molecular weight excluding hydrogens is 399 g/mol. The van der Waals surface area contributed by atoms with Gasteiger partial charge in [-0.1, -0.05) is 12.1 Å². The monoisotopic (exact) mass is 420 g/mol. The van der Waals surface area contributed by atoms with Crippen LogP contribution < -0.4 is 4.74 Å². The second-order valence-corrected chi connectivity index (χ2v) is 7.59. The Balaban J connectivity index is 1.44. The number of hydrazone groups is 1. The molecule has 3 aromatic rings. The zero-order valence-electron chi connectivity index (χ0n) is 16.7. The van der Waals surface area contributed by atoms with E-state index >= 15 is 0 Å². The molecule has 3 heterocycles. The SMILES string of the molecule is O=C(COc1ccccc1F)N1N=C2/C(=C\c3ccco3)CCC[C@H]2[C@@H]1c1ccco1. The van der Waals surface area contributed by atoms with Crippen LogP contribution in [0.2, 0.25) is 0 Å². The van der Waals surface area contributed by atoms with Crippen molar-refractivity contribution in [1.82, 2.24) is 5.01 Å². The van der Waals surface area contributed by atoms with E-state index in [9.17, 15) is 9.18 Å². The van der Waals surface area contributed by atoms with Gasteiger partial charge in [-0.25, -0.2) is 9.40 Å². The molecule has 2 aliphatic rings. The third-order valence-electron chi connectivity index (χ3n) is 5.64. The zero-order valence-corrected chi connectivity index (χ0v) is 16.7. The van der Waals surface area contributed by atoms with E-state index < -0.39 is 5.82 Å². The molecule has 5 rings (SSSR count). The smallest absolute Gasteiger partial charge is 0.281 e. The van der Waals surface area contributed by atoms with Gasteiger partial charge in [0.2, 0.25) is 0 Å². The number of nitrogens with zero attached hydrogens (tertiary/aromatic N) is 2. The van der Waals surface area contributed by atoms with Gasteiger partial charge >= 0.3 is 0 Å². The van der Waals surface area contributed by atoms with E-state index in [1.807, 2.05) is 24.3 Å². The molecule has 0 saturated heterocycles. The number of carbonyl (C=O) groups excluding carboxylic acids is 1. The molecule has 1 fully saturated rings. The van der Waals surface area contributed by atoms with E-state index in [1.54, 1.807) is 30.7 Å². The number of amides is 1. The number of carbonyl (C=O) groups is 1. The quantitative estimate of drug-likeness (QED) is 0.568. The maximum Gasteiger partial charge on any atom is 0.281 e. The minimum atomic E-state index is -0.511. The molecule has 31 heavy (non-hydrogen) atoms. The highest BCUT2D eigenvalue weighted by Crippen LogP contribution is 2.44. The van der Waals surface area contributed by atoms with Crippen molar-refractivity contribution in [3.8, 4) is 5.75 Å². The minimum Gasteiger partial charge on any atom is -0.481 e. The van der Waals surface area contributed by atoms with Crippen molar-refractivity contribution >= 4 is 17.7 Å². The van der Waals surface area contributed by atoms with Crippen LogP contribution in [0.25, 0.3) is 6.08 Å². The van der Waals surface area contributed by atoms with E-state index in [1.165, 1.54) is 17.1 Å². The highest BCUT2D eigenvalue weighted by atomic mass is 19.1. The molecule has 0 N–H and O–H groups in total. The molecule has 0 radical (unpaired) electrons. The van der Waals surface area contributed by atoms with Crippen LogP contribution in [-0.2, 0) is 4.79 Å². The fraction of sp³-hybridized carbons (Fsp3) is 0.250. The Kier molecular flexibility index (Phi) is 5.16. The molecule has 1 aliphatic heterocycles. The van der Waals surface area contributed by atoms with E-state index in [0.717, 1.165) is 36.3 Å². The Bertz CT molecular complexity index is 1120. The van der Waals surface area contributed by atoms with Crippen molar-refractivity contribution in [2.75, 3.05) is 6.61 Å². The lowest BCUT2D eigenvalue weighted by atomic mass is 9.79. The Hall–Kier alpha value is -3.61. The molecule has 0 spiro atoms. The minimum absolute atomic E-state index is 0.0125. The van der Waals surface area contributed by atoms with Gasteiger partial charge in [-0.2, -0.15) is 5.10 Å². The van der Waals surface area contributed by atoms with Gasteiger partial charge < -0.3 is 13.6 Å². The lowest BCUT2D eigenvalue weighted by molar-refractivity contribution is -0.136. The predicted molar refractivity (Wildman–Crippen MR) is 112 cm³/mol. The van der Waals surface area contributed by atoms with Crippen LogP contribution in [0.15, 0.2) is 80.6 Å². The molecule has 1 aromatic carbocycles. The summed E-state index contributed by atoms with van der Waals surface area (Å²) >= 11 is 0. The first-order chi connectivity index (χ1) is 15.2. The highest BCUT2D eigenvalue weighted by molar-refractivity contribution is 6.08. The number of rotatable bonds is 5. The van der Waals surface area contributed by atoms with Gasteiger partial charge in [0.25, 0.3) is 5.91 Å². The number of halogens is 1. The van der Waals surface area contributed by atoms with Gasteiger partial charge in [-0.15, -0.1) is 0 Å². The van der Waals surface area contributed by atoms with Gasteiger partial charge in [-0.3, -0.25) is 4.79 Å². The van der Waals surface area contributed by atoms with Crippen molar-refractivity contribution in [3.63, 3.8) is 0 Å². The van der Waals surface area contributed by atoms with E-state index in [0.29, 0.717) is 5.76 Å². The summed E-state index contributed by atoms with van der Waals surface area (Å²) in [5.74, 6) is 0.598. The largest absolute Gasteiger partial charge is 0.481 e. The average Bonchev–Trinajstić information content (AvgIpc) is 3.53. The van der Waals surface area contributed by atoms with Crippen molar-refractivity contribution in [2.45, 2.75) is 25.3 Å². The first-order valence-corrected chi connectivity index (χ1v) is 10.3. The van der Waals surface area contributed by atoms with Crippen molar-refractivity contribution in [1.29, 1.82) is 0 Å². The van der Waals surface area contributed by atoms with Crippen molar-refractivity contribution in [2.24, 2.45) is 11.0 Å². The molecular formula is C24H21FN2O4. The number of para-hydroxylation sites is 1. The summed E-state index contributed by atoms with van der Waals surface area (Å²) in [6, 6.07) is 13.0. The van der Waals surface area contributed by atoms with Crippen LogP contribution in [0, 0.1) is 11.7 Å². The summed E-state index contributed by atoms with van der Waals surface area (Å²) in [5.41, 5.74) is 1.91. The molecule has 2 aromatic heterocycles. The number of hydrogen-bond donors (Lipinski definition) is 0. The predicted octanol–water partition coefficient (Wildman–Crippen LogP) is 5.21. The van der Waals surface area contributed by atoms with Gasteiger partial charge in [0.1, 0.15) is 17.6 Å². The molecule has 7 heteroatoms. The Morgan fingerprint density at radius 2 is 2.00 bits per heavy atom. The van der Waals surface area contributed by atoms with Crippen LogP contribution in [0.5, 0.6) is 5.75 Å². The van der Waals surface area contributed by atoms with Gasteiger partial charge in [-0.05, 0) is 67.3 Å². The molecule has 0 unspecified atom stereocenters. The summed E-state index contributed by atoms with van der Waals surface area (Å²) in [5, 5.41) is 6.13. The molecule has 0 bridgehead atoms. The summed E-state index contributed by atoms with van der Waals surface area (Å²) in [4.78, 5) is 13.1. The number of benzene rings is 1. The number of furan rings is 2. The lowest BCUT2D eigenvalue weighted by Gasteiger charge is -2.27. The highest BCUT2D eigenvalue weighted by Gasteiger charge is 2.45. The normalized spacial score (nSPS) is 21.8. The lowest BCUT2D eigenvalue weighted by Crippen LogP contribution is -2.34. The Labute approximate surface area is 178 Å². The third kappa shape index (κ3) is 3.79. The number of allylic oxidation sites excluding steroid dienone is 1. The van der Waals surface area contributed by atoms with E-state index in [-0.39, 0.29) is 30.2 Å². The Morgan fingerprint density at radius 3 is 2.77 bits per heavy atom. The van der Waals surface area contributed by atoms with Crippen LogP contribution in [0.4, 0.5) is 4.39 Å². The molecule has 1 amide bonds. The Morgan fingerprint density at radius 1 is 1.16 bits per heavy atom. The number of ether oxygens (including phenoxy) is 1. The molecule has 1 saturated carbocycles. The second-order valence-electron chi connectivity index (χ2n) is 7.59. The van der Waals surface area contributed by atoms with E-state index in [4.69, 9.17) is 18.7 Å². The maximum atomic E-state index is 13.9. The summed E-state index contributed by atoms with van der Waals surface area (Å²) in [6.07, 6.45) is 7.92. The van der Waals surface area contributed by atoms with Crippen molar-refractivity contribution < 1.29 is 22.8 Å². The van der Waals surface area contributed by atoms with E-state index in [2.05, 4.69) is 0 Å². The van der Waals surface area contributed by atoms with Crippen LogP contribution >= 0.6 is 0 Å². The number of fused-ring (bicyclic) bond motifs is 1. The molecule has 6 nitrogen and oxygen atoms in total. The molecule has 1 aliphatic carbocycles. The maximum absolute atomic E-state index is 13.9. The van der Waals surface area contributed by atoms with Gasteiger partial charge in [0, 0.05) is 5.92 Å². The zero-order chi connectivity index (χ0) is 21.2. The number of hydrogen-bond acceptors (Lipinski definition) is 5. The van der Waals surface area contributed by atoms with Gasteiger partial charge in [0.15, 0.2) is 18.2 Å². The standard InChI is InChI=1S/C24H21FN2O4/c25-19-9-1-2-10-20(19)31-15-22(28)27-24(21-11-5-13-30-21)18-8-3-6-16(23(18)26-27)14-17-7-4-12-29-17/h1-2,4-5,7,9-14,18,24H,3,6,8,15H2/b16-14-/t18-,24-/m1/s1. The van der Waals surface area contributed by atoms with Crippen LogP contribution in [-0.4, -0.2) is 23.2 Å².